The number of imide groups is 2. The van der Waals surface area contributed by atoms with E-state index < -0.39 is 41.9 Å². The maximum Gasteiger partial charge on any atom is 0.329 e. The van der Waals surface area contributed by atoms with Crippen LogP contribution < -0.4 is 10.6 Å². The molecule has 0 spiro atoms. The van der Waals surface area contributed by atoms with Gasteiger partial charge in [0.25, 0.3) is 17.7 Å². The van der Waals surface area contributed by atoms with Crippen molar-refractivity contribution in [2.75, 3.05) is 6.54 Å². The van der Waals surface area contributed by atoms with Crippen molar-refractivity contribution >= 4 is 29.7 Å². The number of carbonyl (C=O) groups excluding carboxylic acids is 5. The van der Waals surface area contributed by atoms with Crippen molar-refractivity contribution in [2.45, 2.75) is 32.9 Å². The van der Waals surface area contributed by atoms with E-state index in [9.17, 15) is 24.0 Å². The first-order chi connectivity index (χ1) is 12.3. The molecule has 0 aromatic heterocycles. The summed E-state index contributed by atoms with van der Waals surface area (Å²) in [6, 6.07) is 4.29. The number of ether oxygens (including phenoxy) is 1. The summed E-state index contributed by atoms with van der Waals surface area (Å²) >= 11 is 0. The first kappa shape index (κ1) is 19.1. The predicted molar refractivity (Wildman–Crippen MR) is 89.2 cm³/mol. The summed E-state index contributed by atoms with van der Waals surface area (Å²) in [5, 5.41) is 4.38. The Morgan fingerprint density at radius 1 is 1.08 bits per heavy atom. The number of fused-ring (bicyclic) bond motifs is 1. The molecule has 1 aromatic rings. The van der Waals surface area contributed by atoms with Crippen LogP contribution in [0.3, 0.4) is 0 Å². The molecule has 0 unspecified atom stereocenters. The molecular weight excluding hydrogens is 342 g/mol. The number of nitrogens with one attached hydrogen (secondary N) is 2. The number of hydrogen-bond acceptors (Lipinski definition) is 6. The molecule has 138 valence electrons. The van der Waals surface area contributed by atoms with E-state index in [1.54, 1.807) is 19.1 Å². The summed E-state index contributed by atoms with van der Waals surface area (Å²) in [6.45, 7) is 4.61. The summed E-state index contributed by atoms with van der Waals surface area (Å²) in [6.07, 6.45) is -1.28. The monoisotopic (exact) mass is 361 g/mol. The van der Waals surface area contributed by atoms with Crippen molar-refractivity contribution in [3.05, 3.63) is 35.4 Å². The Morgan fingerprint density at radius 2 is 1.62 bits per heavy atom. The number of hydrogen-bond donors (Lipinski definition) is 2. The quantitative estimate of drug-likeness (QED) is 0.580. The average molecular weight is 361 g/mol. The highest BCUT2D eigenvalue weighted by Gasteiger charge is 2.41. The lowest BCUT2D eigenvalue weighted by Crippen LogP contribution is -2.48. The smallest absolute Gasteiger partial charge is 0.329 e. The highest BCUT2D eigenvalue weighted by Crippen LogP contribution is 2.24. The average Bonchev–Trinajstić information content (AvgIpc) is 2.85. The fourth-order valence-corrected chi connectivity index (χ4v) is 2.41. The first-order valence-corrected chi connectivity index (χ1v) is 8.04. The molecule has 1 aliphatic rings. The summed E-state index contributed by atoms with van der Waals surface area (Å²) in [5.74, 6) is -2.96. The molecule has 0 fully saturated rings. The van der Waals surface area contributed by atoms with E-state index >= 15 is 0 Å². The van der Waals surface area contributed by atoms with E-state index in [-0.39, 0.29) is 11.1 Å². The molecule has 1 aliphatic heterocycles. The largest absolute Gasteiger partial charge is 0.451 e. The van der Waals surface area contributed by atoms with Crippen molar-refractivity contribution in [3.63, 3.8) is 0 Å². The fourth-order valence-electron chi connectivity index (χ4n) is 2.41. The molecule has 0 aliphatic carbocycles. The lowest BCUT2D eigenvalue weighted by molar-refractivity contribution is -0.157. The summed E-state index contributed by atoms with van der Waals surface area (Å²) in [4.78, 5) is 60.9. The molecule has 0 saturated heterocycles. The third-order valence-electron chi connectivity index (χ3n) is 3.79. The minimum Gasteiger partial charge on any atom is -0.451 e. The molecule has 2 N–H and O–H groups in total. The Hall–Kier alpha value is -3.23. The maximum absolute atomic E-state index is 12.4. The van der Waals surface area contributed by atoms with Crippen LogP contribution in [0.1, 0.15) is 41.5 Å². The van der Waals surface area contributed by atoms with E-state index in [0.29, 0.717) is 6.54 Å². The van der Waals surface area contributed by atoms with Gasteiger partial charge in [0.05, 0.1) is 11.1 Å². The van der Waals surface area contributed by atoms with Crippen LogP contribution in [0, 0.1) is 0 Å². The molecule has 0 bridgehead atoms. The van der Waals surface area contributed by atoms with Crippen molar-refractivity contribution in [1.29, 1.82) is 0 Å². The first-order valence-electron chi connectivity index (χ1n) is 8.04. The van der Waals surface area contributed by atoms with E-state index in [4.69, 9.17) is 4.74 Å². The highest BCUT2D eigenvalue weighted by molar-refractivity contribution is 6.22. The topological polar surface area (TPSA) is 122 Å². The second-order valence-corrected chi connectivity index (χ2v) is 5.63. The number of urea groups is 1. The zero-order chi connectivity index (χ0) is 19.4. The van der Waals surface area contributed by atoms with Gasteiger partial charge >= 0.3 is 12.0 Å². The molecule has 26 heavy (non-hydrogen) atoms. The molecule has 5 amide bonds. The lowest BCUT2D eigenvalue weighted by atomic mass is 10.1. The highest BCUT2D eigenvalue weighted by atomic mass is 16.5. The maximum atomic E-state index is 12.4. The van der Waals surface area contributed by atoms with Gasteiger partial charge < -0.3 is 10.1 Å². The molecule has 2 rings (SSSR count). The van der Waals surface area contributed by atoms with Gasteiger partial charge in [-0.25, -0.2) is 9.59 Å². The van der Waals surface area contributed by atoms with Gasteiger partial charge in [0, 0.05) is 6.54 Å². The molecule has 9 nitrogen and oxygen atoms in total. The van der Waals surface area contributed by atoms with Crippen LogP contribution in [0.5, 0.6) is 0 Å². The van der Waals surface area contributed by atoms with Crippen LogP contribution >= 0.6 is 0 Å². The Morgan fingerprint density at radius 3 is 2.12 bits per heavy atom. The number of amides is 5. The summed E-state index contributed by atoms with van der Waals surface area (Å²) in [5.41, 5.74) is 0.415. The van der Waals surface area contributed by atoms with Gasteiger partial charge in [0.2, 0.25) is 0 Å². The third kappa shape index (κ3) is 3.71. The molecule has 1 aromatic carbocycles. The third-order valence-corrected chi connectivity index (χ3v) is 3.79. The van der Waals surface area contributed by atoms with Crippen molar-refractivity contribution in [3.8, 4) is 0 Å². The van der Waals surface area contributed by atoms with Crippen LogP contribution in [0.4, 0.5) is 4.79 Å². The lowest BCUT2D eigenvalue weighted by Gasteiger charge is -2.22. The predicted octanol–water partition coefficient (Wildman–Crippen LogP) is 0.449. The van der Waals surface area contributed by atoms with E-state index in [1.165, 1.54) is 26.0 Å². The molecule has 0 saturated carbocycles. The van der Waals surface area contributed by atoms with Gasteiger partial charge in [-0.1, -0.05) is 12.1 Å². The summed E-state index contributed by atoms with van der Waals surface area (Å²) in [7, 11) is 0. The van der Waals surface area contributed by atoms with Gasteiger partial charge in [-0.15, -0.1) is 0 Å². The minimum absolute atomic E-state index is 0.208. The Balaban J connectivity index is 2.02. The molecular formula is C17H19N3O6. The van der Waals surface area contributed by atoms with Crippen molar-refractivity contribution < 1.29 is 28.7 Å². The Labute approximate surface area is 149 Å². The van der Waals surface area contributed by atoms with Crippen molar-refractivity contribution in [1.82, 2.24) is 15.5 Å². The number of esters is 1. The second-order valence-electron chi connectivity index (χ2n) is 5.63. The molecule has 1 heterocycles. The van der Waals surface area contributed by atoms with Crippen LogP contribution in [-0.2, 0) is 14.3 Å². The van der Waals surface area contributed by atoms with Crippen LogP contribution in [0.2, 0.25) is 0 Å². The number of carbonyl (C=O) groups is 5. The van der Waals surface area contributed by atoms with E-state index in [0.717, 1.165) is 4.90 Å². The Kier molecular flexibility index (Phi) is 5.71. The standard InChI is InChI=1S/C17H19N3O6/c1-4-18-17(25)19-13(21)10(3)26-16(24)9(2)20-14(22)11-7-5-6-8-12(11)15(20)23/h5-10H,4H2,1-3H3,(H2,18,19,21,25)/t9-,10+/m1/s1. The Bertz CT molecular complexity index is 741. The second kappa shape index (κ2) is 7.77. The van der Waals surface area contributed by atoms with Crippen LogP contribution in [0.25, 0.3) is 0 Å². The molecule has 9 heteroatoms. The van der Waals surface area contributed by atoms with Gasteiger partial charge in [-0.05, 0) is 32.9 Å². The number of benzene rings is 1. The van der Waals surface area contributed by atoms with E-state index in [2.05, 4.69) is 5.32 Å². The fraction of sp³-hybridized carbons (Fsp3) is 0.353. The van der Waals surface area contributed by atoms with Gasteiger partial charge in [-0.2, -0.15) is 0 Å². The molecule has 0 radical (unpaired) electrons. The van der Waals surface area contributed by atoms with Gasteiger partial charge in [0.1, 0.15) is 6.04 Å². The zero-order valence-electron chi connectivity index (χ0n) is 14.6. The normalized spacial score (nSPS) is 15.1. The molecule has 2 atom stereocenters. The van der Waals surface area contributed by atoms with Gasteiger partial charge in [-0.3, -0.25) is 24.6 Å². The van der Waals surface area contributed by atoms with Crippen LogP contribution in [0.15, 0.2) is 24.3 Å². The van der Waals surface area contributed by atoms with Gasteiger partial charge in [0.15, 0.2) is 6.10 Å². The number of rotatable bonds is 5. The van der Waals surface area contributed by atoms with Crippen LogP contribution in [-0.4, -0.2) is 53.3 Å². The van der Waals surface area contributed by atoms with Crippen molar-refractivity contribution in [2.24, 2.45) is 0 Å². The number of nitrogens with zero attached hydrogens (tertiary/aromatic N) is 1. The SMILES string of the molecule is CCNC(=O)NC(=O)[C@H](C)OC(=O)[C@@H](C)N1C(=O)c2ccccc2C1=O. The summed E-state index contributed by atoms with van der Waals surface area (Å²) < 4.78 is 4.98. The minimum atomic E-state index is -1.28. The van der Waals surface area contributed by atoms with E-state index in [1.807, 2.05) is 5.32 Å². The zero-order valence-corrected chi connectivity index (χ0v) is 14.6.